The third-order valence-electron chi connectivity index (χ3n) is 6.55. The second-order valence-electron chi connectivity index (χ2n) is 9.59. The molecule has 2 heterocycles. The minimum absolute atomic E-state index is 0.0211. The molecule has 1 aliphatic heterocycles. The first-order valence-electron chi connectivity index (χ1n) is 13.7. The van der Waals surface area contributed by atoms with Gasteiger partial charge in [0, 0.05) is 29.8 Å². The fourth-order valence-corrected chi connectivity index (χ4v) is 4.40. The van der Waals surface area contributed by atoms with Crippen molar-refractivity contribution in [2.45, 2.75) is 27.2 Å². The van der Waals surface area contributed by atoms with Gasteiger partial charge in [0.05, 0.1) is 32.1 Å². The number of esters is 1. The lowest BCUT2D eigenvalue weighted by Crippen LogP contribution is -2.44. The van der Waals surface area contributed by atoms with Crippen LogP contribution in [0.3, 0.4) is 0 Å². The van der Waals surface area contributed by atoms with E-state index >= 15 is 0 Å². The summed E-state index contributed by atoms with van der Waals surface area (Å²) < 4.78 is 32.3. The zero-order valence-electron chi connectivity index (χ0n) is 24.1. The fraction of sp³-hybridized carbons (Fsp3) is 0.281. The summed E-state index contributed by atoms with van der Waals surface area (Å²) in [6.45, 7) is 5.09. The normalized spacial score (nSPS) is 14.3. The van der Waals surface area contributed by atoms with Crippen molar-refractivity contribution in [3.63, 3.8) is 0 Å². The van der Waals surface area contributed by atoms with E-state index in [1.54, 1.807) is 23.0 Å². The minimum atomic E-state index is -0.726. The van der Waals surface area contributed by atoms with Crippen LogP contribution in [0, 0.1) is 17.1 Å². The second-order valence-corrected chi connectivity index (χ2v) is 9.59. The van der Waals surface area contributed by atoms with E-state index in [2.05, 4.69) is 0 Å². The highest BCUT2D eigenvalue weighted by Crippen LogP contribution is 2.32. The van der Waals surface area contributed by atoms with Crippen LogP contribution in [0.1, 0.15) is 32.8 Å². The number of rotatable bonds is 12. The Morgan fingerprint density at radius 2 is 1.84 bits per heavy atom. The SMILES string of the molecule is CCCOc1ccc(-c2nn(-c3ccccc3)cc2/C=C2/C(=O)N(CCOCCOC(C)=O)C(=O)C(C#N)=C2C)cc1F. The summed E-state index contributed by atoms with van der Waals surface area (Å²) in [5.74, 6) is -2.22. The van der Waals surface area contributed by atoms with Gasteiger partial charge in [-0.3, -0.25) is 19.3 Å². The lowest BCUT2D eigenvalue weighted by molar-refractivity contribution is -0.142. The summed E-state index contributed by atoms with van der Waals surface area (Å²) >= 11 is 0. The van der Waals surface area contributed by atoms with Gasteiger partial charge in [0.1, 0.15) is 23.9 Å². The molecule has 0 N–H and O–H groups in total. The Morgan fingerprint density at radius 3 is 2.51 bits per heavy atom. The predicted octanol–water partition coefficient (Wildman–Crippen LogP) is 4.64. The number of hydrogen-bond donors (Lipinski definition) is 0. The summed E-state index contributed by atoms with van der Waals surface area (Å²) in [6.07, 6.45) is 3.98. The molecule has 4 rings (SSSR count). The molecule has 0 atom stereocenters. The smallest absolute Gasteiger partial charge is 0.302 e. The molecule has 0 radical (unpaired) electrons. The molecule has 2 aromatic carbocycles. The van der Waals surface area contributed by atoms with E-state index in [4.69, 9.17) is 19.3 Å². The molecule has 0 fully saturated rings. The molecular formula is C32H31FN4O6. The van der Waals surface area contributed by atoms with Crippen LogP contribution in [0.2, 0.25) is 0 Å². The van der Waals surface area contributed by atoms with Crippen molar-refractivity contribution in [2.75, 3.05) is 33.0 Å². The molecule has 0 unspecified atom stereocenters. The number of amides is 2. The van der Waals surface area contributed by atoms with Crippen molar-refractivity contribution < 1.29 is 33.0 Å². The van der Waals surface area contributed by atoms with Gasteiger partial charge in [-0.25, -0.2) is 9.07 Å². The van der Waals surface area contributed by atoms with Crippen molar-refractivity contribution >= 4 is 23.9 Å². The maximum absolute atomic E-state index is 15.0. The Labute approximate surface area is 248 Å². The Hall–Kier alpha value is -5.08. The van der Waals surface area contributed by atoms with Gasteiger partial charge in [0.2, 0.25) is 0 Å². The molecule has 3 aromatic rings. The number of imide groups is 1. The van der Waals surface area contributed by atoms with E-state index in [-0.39, 0.29) is 48.8 Å². The Balaban J connectivity index is 1.73. The molecule has 1 aliphatic rings. The van der Waals surface area contributed by atoms with Gasteiger partial charge >= 0.3 is 5.97 Å². The summed E-state index contributed by atoms with van der Waals surface area (Å²) in [6, 6.07) is 15.7. The first-order chi connectivity index (χ1) is 20.7. The summed E-state index contributed by atoms with van der Waals surface area (Å²) in [5.41, 5.74) is 2.20. The fourth-order valence-electron chi connectivity index (χ4n) is 4.40. The number of halogens is 1. The van der Waals surface area contributed by atoms with Gasteiger partial charge in [0.25, 0.3) is 11.8 Å². The Morgan fingerprint density at radius 1 is 1.07 bits per heavy atom. The third kappa shape index (κ3) is 7.23. The van der Waals surface area contributed by atoms with Gasteiger partial charge in [-0.05, 0) is 55.3 Å². The highest BCUT2D eigenvalue weighted by Gasteiger charge is 2.35. The van der Waals surface area contributed by atoms with E-state index in [0.29, 0.717) is 23.4 Å². The van der Waals surface area contributed by atoms with Gasteiger partial charge in [0.15, 0.2) is 11.6 Å². The van der Waals surface area contributed by atoms with Crippen molar-refractivity contribution in [1.29, 1.82) is 5.26 Å². The number of nitriles is 1. The van der Waals surface area contributed by atoms with E-state index < -0.39 is 23.6 Å². The van der Waals surface area contributed by atoms with E-state index in [0.717, 1.165) is 17.0 Å². The standard InChI is InChI=1S/C32H31FN4O6/c1-4-13-43-29-11-10-23(18-28(29)33)30-24(20-37(35-30)25-8-6-5-7-9-25)17-26-21(2)27(19-34)32(40)36(31(26)39)12-14-41-15-16-42-22(3)38/h5-11,17-18,20H,4,12-16H2,1-3H3/b26-17+. The van der Waals surface area contributed by atoms with Crippen molar-refractivity contribution in [1.82, 2.24) is 14.7 Å². The maximum atomic E-state index is 15.0. The molecule has 10 nitrogen and oxygen atoms in total. The van der Waals surface area contributed by atoms with Crippen LogP contribution in [0.5, 0.6) is 5.75 Å². The molecule has 11 heteroatoms. The molecule has 2 amide bonds. The quantitative estimate of drug-likeness (QED) is 0.130. The number of para-hydroxylation sites is 1. The molecule has 0 saturated carbocycles. The number of ether oxygens (including phenoxy) is 3. The Bertz CT molecular complexity index is 1620. The second kappa shape index (κ2) is 14.2. The molecule has 0 saturated heterocycles. The molecule has 0 bridgehead atoms. The monoisotopic (exact) mass is 586 g/mol. The molecule has 0 spiro atoms. The summed E-state index contributed by atoms with van der Waals surface area (Å²) in [7, 11) is 0. The van der Waals surface area contributed by atoms with E-state index in [9.17, 15) is 24.0 Å². The van der Waals surface area contributed by atoms with Crippen LogP contribution >= 0.6 is 0 Å². The third-order valence-corrected chi connectivity index (χ3v) is 6.55. The van der Waals surface area contributed by atoms with Gasteiger partial charge in [-0.2, -0.15) is 10.4 Å². The number of nitrogens with zero attached hydrogens (tertiary/aromatic N) is 4. The highest BCUT2D eigenvalue weighted by atomic mass is 19.1. The van der Waals surface area contributed by atoms with Crippen LogP contribution in [0.4, 0.5) is 4.39 Å². The van der Waals surface area contributed by atoms with Gasteiger partial charge < -0.3 is 14.2 Å². The van der Waals surface area contributed by atoms with Crippen LogP contribution in [-0.2, 0) is 23.9 Å². The molecule has 222 valence electrons. The first-order valence-corrected chi connectivity index (χ1v) is 13.7. The van der Waals surface area contributed by atoms with E-state index in [1.807, 2.05) is 43.3 Å². The number of benzene rings is 2. The van der Waals surface area contributed by atoms with Crippen LogP contribution in [0.15, 0.2) is 71.4 Å². The minimum Gasteiger partial charge on any atom is -0.491 e. The average Bonchev–Trinajstić information content (AvgIpc) is 3.42. The first kappa shape index (κ1) is 30.9. The number of hydrogen-bond acceptors (Lipinski definition) is 8. The summed E-state index contributed by atoms with van der Waals surface area (Å²) in [4.78, 5) is 38.5. The number of carbonyl (C=O) groups is 3. The number of aromatic nitrogens is 2. The molecule has 0 aliphatic carbocycles. The zero-order chi connectivity index (χ0) is 30.9. The van der Waals surface area contributed by atoms with Gasteiger partial charge in [-0.1, -0.05) is 25.1 Å². The van der Waals surface area contributed by atoms with Crippen molar-refractivity contribution in [3.05, 3.63) is 82.8 Å². The van der Waals surface area contributed by atoms with E-state index in [1.165, 1.54) is 26.0 Å². The maximum Gasteiger partial charge on any atom is 0.302 e. The Kier molecular flexibility index (Phi) is 10.2. The van der Waals surface area contributed by atoms with Crippen LogP contribution < -0.4 is 4.74 Å². The lowest BCUT2D eigenvalue weighted by atomic mass is 9.93. The summed E-state index contributed by atoms with van der Waals surface area (Å²) in [5, 5.41) is 14.5. The predicted molar refractivity (Wildman–Crippen MR) is 155 cm³/mol. The van der Waals surface area contributed by atoms with Crippen molar-refractivity contribution in [3.8, 4) is 28.8 Å². The molecule has 43 heavy (non-hydrogen) atoms. The van der Waals surface area contributed by atoms with Crippen LogP contribution in [0.25, 0.3) is 23.0 Å². The molecular weight excluding hydrogens is 555 g/mol. The van der Waals surface area contributed by atoms with Crippen LogP contribution in [-0.4, -0.2) is 65.4 Å². The highest BCUT2D eigenvalue weighted by molar-refractivity contribution is 6.19. The average molecular weight is 587 g/mol. The largest absolute Gasteiger partial charge is 0.491 e. The lowest BCUT2D eigenvalue weighted by Gasteiger charge is -2.27. The topological polar surface area (TPSA) is 124 Å². The zero-order valence-corrected chi connectivity index (χ0v) is 24.1. The number of carbonyl (C=O) groups excluding carboxylic acids is 3. The van der Waals surface area contributed by atoms with Crippen molar-refractivity contribution in [2.24, 2.45) is 0 Å². The molecule has 1 aromatic heterocycles. The van der Waals surface area contributed by atoms with Gasteiger partial charge in [-0.15, -0.1) is 0 Å².